The minimum Gasteiger partial charge on any atom is -0.289 e. The highest BCUT2D eigenvalue weighted by atomic mass is 35.5. The van der Waals surface area contributed by atoms with E-state index in [1.165, 1.54) is 12.1 Å². The van der Waals surface area contributed by atoms with Gasteiger partial charge in [0.05, 0.1) is 27.3 Å². The van der Waals surface area contributed by atoms with Crippen LogP contribution in [0.4, 0.5) is 5.82 Å². The number of hydrazine groups is 1. The van der Waals surface area contributed by atoms with Crippen LogP contribution in [0.3, 0.4) is 0 Å². The quantitative estimate of drug-likeness (QED) is 0.232. The molecule has 0 unspecified atom stereocenters. The van der Waals surface area contributed by atoms with E-state index in [0.29, 0.717) is 21.9 Å². The highest BCUT2D eigenvalue weighted by Crippen LogP contribution is 2.31. The molecular weight excluding hydrogens is 532 g/mol. The van der Waals surface area contributed by atoms with E-state index < -0.39 is 10.0 Å². The van der Waals surface area contributed by atoms with Crippen LogP contribution in [-0.2, 0) is 10.0 Å². The number of halogens is 1. The Morgan fingerprint density at radius 2 is 1.33 bits per heavy atom. The predicted molar refractivity (Wildman–Crippen MR) is 153 cm³/mol. The zero-order chi connectivity index (χ0) is 26.8. The van der Waals surface area contributed by atoms with E-state index in [4.69, 9.17) is 21.7 Å². The first-order valence-corrected chi connectivity index (χ1v) is 13.9. The Labute approximate surface area is 230 Å². The third kappa shape index (κ3) is 5.10. The van der Waals surface area contributed by atoms with Gasteiger partial charge < -0.3 is 0 Å². The lowest BCUT2D eigenvalue weighted by molar-refractivity contribution is 0.587. The van der Waals surface area contributed by atoms with Crippen molar-refractivity contribution in [1.82, 2.24) is 24.6 Å². The minimum atomic E-state index is -3.90. The predicted octanol–water partition coefficient (Wildman–Crippen LogP) is 6.11. The zero-order valence-electron chi connectivity index (χ0n) is 20.4. The molecular formula is C29H21ClN6O2S. The van der Waals surface area contributed by atoms with Crippen LogP contribution in [0, 0.1) is 0 Å². The first kappa shape index (κ1) is 24.7. The second kappa shape index (κ2) is 10.3. The second-order valence-electron chi connectivity index (χ2n) is 8.63. The van der Waals surface area contributed by atoms with Crippen LogP contribution in [0.5, 0.6) is 0 Å². The number of nitrogens with zero attached hydrogens (tertiary/aromatic N) is 4. The minimum absolute atomic E-state index is 0.103. The SMILES string of the molecule is O=S(=O)(NNc1nc2cc(Cl)ccc2nc1-n1nc(-c2ccccc2)cc1-c1ccccc1)c1ccccc1. The molecule has 2 aromatic heterocycles. The molecule has 39 heavy (non-hydrogen) atoms. The number of anilines is 1. The fourth-order valence-corrected chi connectivity index (χ4v) is 5.16. The van der Waals surface area contributed by atoms with Crippen molar-refractivity contribution in [3.63, 3.8) is 0 Å². The smallest absolute Gasteiger partial charge is 0.257 e. The lowest BCUT2D eigenvalue weighted by atomic mass is 10.1. The summed E-state index contributed by atoms with van der Waals surface area (Å²) in [6.07, 6.45) is 0. The Kier molecular flexibility index (Phi) is 6.54. The summed E-state index contributed by atoms with van der Waals surface area (Å²) in [5.74, 6) is 0.464. The maximum atomic E-state index is 13.0. The van der Waals surface area contributed by atoms with E-state index in [1.807, 2.05) is 66.7 Å². The molecule has 0 saturated carbocycles. The molecule has 0 aliphatic carbocycles. The van der Waals surface area contributed by atoms with Gasteiger partial charge in [-0.25, -0.2) is 23.1 Å². The molecule has 0 radical (unpaired) electrons. The molecule has 192 valence electrons. The number of benzene rings is 4. The van der Waals surface area contributed by atoms with Gasteiger partial charge in [0.2, 0.25) is 0 Å². The van der Waals surface area contributed by atoms with Crippen molar-refractivity contribution < 1.29 is 8.42 Å². The van der Waals surface area contributed by atoms with Gasteiger partial charge in [0.15, 0.2) is 11.6 Å². The van der Waals surface area contributed by atoms with Crippen LogP contribution in [0.15, 0.2) is 120 Å². The van der Waals surface area contributed by atoms with E-state index >= 15 is 0 Å². The molecule has 6 aromatic rings. The Morgan fingerprint density at radius 3 is 2.03 bits per heavy atom. The summed E-state index contributed by atoms with van der Waals surface area (Å²) < 4.78 is 27.6. The maximum Gasteiger partial charge on any atom is 0.257 e. The van der Waals surface area contributed by atoms with Crippen molar-refractivity contribution in [3.05, 3.63) is 120 Å². The number of hydrogen-bond acceptors (Lipinski definition) is 6. The molecule has 0 atom stereocenters. The summed E-state index contributed by atoms with van der Waals surface area (Å²) in [4.78, 5) is 12.0. The van der Waals surface area contributed by atoms with Crippen molar-refractivity contribution in [2.75, 3.05) is 5.43 Å². The average Bonchev–Trinajstić information content (AvgIpc) is 3.42. The Hall–Kier alpha value is -4.57. The van der Waals surface area contributed by atoms with Gasteiger partial charge in [-0.1, -0.05) is 90.5 Å². The molecule has 0 bridgehead atoms. The first-order valence-electron chi connectivity index (χ1n) is 12.0. The third-order valence-electron chi connectivity index (χ3n) is 6.01. The van der Waals surface area contributed by atoms with Crippen LogP contribution in [0.2, 0.25) is 5.02 Å². The van der Waals surface area contributed by atoms with E-state index in [1.54, 1.807) is 41.1 Å². The van der Waals surface area contributed by atoms with Gasteiger partial charge >= 0.3 is 0 Å². The summed E-state index contributed by atoms with van der Waals surface area (Å²) in [6, 6.07) is 34.7. The normalized spacial score (nSPS) is 11.5. The van der Waals surface area contributed by atoms with Crippen molar-refractivity contribution in [2.24, 2.45) is 0 Å². The number of fused-ring (bicyclic) bond motifs is 1. The third-order valence-corrected chi connectivity index (χ3v) is 7.51. The van der Waals surface area contributed by atoms with Crippen LogP contribution in [0.25, 0.3) is 39.4 Å². The molecule has 8 nitrogen and oxygen atoms in total. The Bertz CT molecular complexity index is 1880. The molecule has 0 amide bonds. The zero-order valence-corrected chi connectivity index (χ0v) is 21.9. The topological polar surface area (TPSA) is 102 Å². The molecule has 0 saturated heterocycles. The van der Waals surface area contributed by atoms with Crippen LogP contribution < -0.4 is 10.3 Å². The van der Waals surface area contributed by atoms with Gasteiger partial charge in [-0.05, 0) is 36.4 Å². The van der Waals surface area contributed by atoms with E-state index in [0.717, 1.165) is 22.5 Å². The maximum absolute atomic E-state index is 13.0. The Balaban J connectivity index is 1.53. The molecule has 0 aliphatic heterocycles. The summed E-state index contributed by atoms with van der Waals surface area (Å²) in [5.41, 5.74) is 7.14. The van der Waals surface area contributed by atoms with Gasteiger partial charge in [0, 0.05) is 16.1 Å². The van der Waals surface area contributed by atoms with Crippen molar-refractivity contribution >= 4 is 38.5 Å². The summed E-state index contributed by atoms with van der Waals surface area (Å²) in [7, 11) is -3.90. The highest BCUT2D eigenvalue weighted by Gasteiger charge is 2.21. The largest absolute Gasteiger partial charge is 0.289 e. The van der Waals surface area contributed by atoms with Gasteiger partial charge in [-0.15, -0.1) is 4.83 Å². The lowest BCUT2D eigenvalue weighted by Crippen LogP contribution is -2.31. The second-order valence-corrected chi connectivity index (χ2v) is 10.7. The molecule has 4 aromatic carbocycles. The molecule has 6 rings (SSSR count). The molecule has 2 heterocycles. The van der Waals surface area contributed by atoms with Crippen molar-refractivity contribution in [2.45, 2.75) is 4.90 Å². The molecule has 0 spiro atoms. The van der Waals surface area contributed by atoms with E-state index in [2.05, 4.69) is 15.2 Å². The molecule has 2 N–H and O–H groups in total. The average molecular weight is 553 g/mol. The van der Waals surface area contributed by atoms with E-state index in [-0.39, 0.29) is 10.7 Å². The van der Waals surface area contributed by atoms with Crippen molar-refractivity contribution in [3.8, 4) is 28.3 Å². The van der Waals surface area contributed by atoms with Crippen molar-refractivity contribution in [1.29, 1.82) is 0 Å². The number of nitrogens with one attached hydrogen (secondary N) is 2. The number of rotatable bonds is 7. The fourth-order valence-electron chi connectivity index (χ4n) is 4.13. The fraction of sp³-hybridized carbons (Fsp3) is 0. The monoisotopic (exact) mass is 552 g/mol. The lowest BCUT2D eigenvalue weighted by Gasteiger charge is -2.15. The van der Waals surface area contributed by atoms with Gasteiger partial charge in [-0.3, -0.25) is 5.43 Å². The van der Waals surface area contributed by atoms with Crippen LogP contribution in [-0.4, -0.2) is 28.2 Å². The Morgan fingerprint density at radius 1 is 0.692 bits per heavy atom. The van der Waals surface area contributed by atoms with Gasteiger partial charge in [0.25, 0.3) is 10.0 Å². The van der Waals surface area contributed by atoms with E-state index in [9.17, 15) is 8.42 Å². The number of hydrogen-bond donors (Lipinski definition) is 2. The standard InChI is InChI=1S/C29H21ClN6O2S/c30-22-16-17-24-26(18-22)31-28(33-35-39(37,38)23-14-8-3-9-15-23)29(32-24)36-27(21-12-6-2-7-13-21)19-25(34-36)20-10-4-1-5-11-20/h1-19,35H,(H,31,33). The van der Waals surface area contributed by atoms with Crippen LogP contribution >= 0.6 is 11.6 Å². The first-order chi connectivity index (χ1) is 19.0. The van der Waals surface area contributed by atoms with Gasteiger partial charge in [0.1, 0.15) is 0 Å². The summed E-state index contributed by atoms with van der Waals surface area (Å²) >= 11 is 6.22. The highest BCUT2D eigenvalue weighted by molar-refractivity contribution is 7.89. The number of aromatic nitrogens is 4. The molecule has 0 aliphatic rings. The molecule has 10 heteroatoms. The summed E-state index contributed by atoms with van der Waals surface area (Å²) in [5, 5.41) is 5.37. The van der Waals surface area contributed by atoms with Crippen LogP contribution in [0.1, 0.15) is 0 Å². The molecule has 0 fully saturated rings. The number of sulfonamides is 1. The summed E-state index contributed by atoms with van der Waals surface area (Å²) in [6.45, 7) is 0. The van der Waals surface area contributed by atoms with Gasteiger partial charge in [-0.2, -0.15) is 5.10 Å².